The number of hydrogen-bond acceptors (Lipinski definition) is 5. The third-order valence-electron chi connectivity index (χ3n) is 5.13. The zero-order valence-corrected chi connectivity index (χ0v) is 17.2. The van der Waals surface area contributed by atoms with Gasteiger partial charge >= 0.3 is 0 Å². The van der Waals surface area contributed by atoms with Gasteiger partial charge in [0.1, 0.15) is 11.4 Å². The maximum atomic E-state index is 13.1. The lowest BCUT2D eigenvalue weighted by Crippen LogP contribution is -2.50. The number of nitriles is 1. The number of nitrogens with zero attached hydrogens (tertiary/aromatic N) is 6. The predicted octanol–water partition coefficient (Wildman–Crippen LogP) is 1.23. The molecule has 4 rings (SSSR count). The Morgan fingerprint density at radius 1 is 1.07 bits per heavy atom. The minimum Gasteiger partial charge on any atom is -0.336 e. The van der Waals surface area contributed by atoms with Crippen LogP contribution < -0.4 is 0 Å². The highest BCUT2D eigenvalue weighted by molar-refractivity contribution is 7.89. The van der Waals surface area contributed by atoms with Crippen molar-refractivity contribution < 1.29 is 13.2 Å². The fraction of sp³-hybridized carbons (Fsp3) is 0.250. The van der Waals surface area contributed by atoms with Crippen LogP contribution in [-0.4, -0.2) is 64.1 Å². The Kier molecular flexibility index (Phi) is 5.15. The van der Waals surface area contributed by atoms with Crippen LogP contribution in [0.15, 0.2) is 59.9 Å². The lowest BCUT2D eigenvalue weighted by Gasteiger charge is -2.34. The van der Waals surface area contributed by atoms with Crippen molar-refractivity contribution in [1.82, 2.24) is 23.6 Å². The molecule has 1 fully saturated rings. The smallest absolute Gasteiger partial charge is 0.259 e. The van der Waals surface area contributed by atoms with Crippen LogP contribution in [0.5, 0.6) is 0 Å². The monoisotopic (exact) mass is 424 g/mol. The molecular weight excluding hydrogens is 404 g/mol. The first-order valence-corrected chi connectivity index (χ1v) is 10.8. The molecule has 0 aliphatic carbocycles. The van der Waals surface area contributed by atoms with Crippen LogP contribution >= 0.6 is 0 Å². The molecule has 1 aliphatic heterocycles. The summed E-state index contributed by atoms with van der Waals surface area (Å²) in [4.78, 5) is 14.9. The SMILES string of the molecule is Cn1ncc(C(=O)N2CCN(S(=O)(=O)c3ccc(C#N)cc3)CC2)c1-n1cccc1. The number of hydrogen-bond donors (Lipinski definition) is 0. The molecule has 30 heavy (non-hydrogen) atoms. The second-order valence-corrected chi connectivity index (χ2v) is 8.87. The fourth-order valence-electron chi connectivity index (χ4n) is 3.52. The van der Waals surface area contributed by atoms with E-state index in [2.05, 4.69) is 5.10 Å². The summed E-state index contributed by atoms with van der Waals surface area (Å²) in [6, 6.07) is 11.6. The number of amides is 1. The van der Waals surface area contributed by atoms with Gasteiger partial charge in [-0.2, -0.15) is 14.7 Å². The number of benzene rings is 1. The first-order chi connectivity index (χ1) is 14.4. The van der Waals surface area contributed by atoms with Gasteiger partial charge in [-0.05, 0) is 36.4 Å². The third kappa shape index (κ3) is 3.49. The van der Waals surface area contributed by atoms with Gasteiger partial charge in [0.15, 0.2) is 0 Å². The van der Waals surface area contributed by atoms with Crippen molar-refractivity contribution in [2.24, 2.45) is 7.05 Å². The summed E-state index contributed by atoms with van der Waals surface area (Å²) in [6.45, 7) is 0.975. The van der Waals surface area contributed by atoms with Crippen LogP contribution in [0, 0.1) is 11.3 Å². The van der Waals surface area contributed by atoms with Crippen LogP contribution in [0.2, 0.25) is 0 Å². The van der Waals surface area contributed by atoms with Gasteiger partial charge in [0, 0.05) is 45.6 Å². The molecule has 1 saturated heterocycles. The van der Waals surface area contributed by atoms with Crippen molar-refractivity contribution >= 4 is 15.9 Å². The Hall–Kier alpha value is -3.42. The summed E-state index contributed by atoms with van der Waals surface area (Å²) in [6.07, 6.45) is 5.23. The first-order valence-electron chi connectivity index (χ1n) is 9.37. The Bertz CT molecular complexity index is 1200. The van der Waals surface area contributed by atoms with E-state index in [9.17, 15) is 13.2 Å². The molecule has 1 aromatic carbocycles. The van der Waals surface area contributed by atoms with Crippen molar-refractivity contribution in [3.63, 3.8) is 0 Å². The number of aryl methyl sites for hydroxylation is 1. The van der Waals surface area contributed by atoms with E-state index < -0.39 is 10.0 Å². The van der Waals surface area contributed by atoms with Crippen molar-refractivity contribution in [1.29, 1.82) is 5.26 Å². The van der Waals surface area contributed by atoms with E-state index in [4.69, 9.17) is 5.26 Å². The molecule has 0 saturated carbocycles. The van der Waals surface area contributed by atoms with Gasteiger partial charge in [0.25, 0.3) is 5.91 Å². The summed E-state index contributed by atoms with van der Waals surface area (Å²) in [5.41, 5.74) is 0.872. The molecule has 1 aliphatic rings. The Morgan fingerprint density at radius 2 is 1.70 bits per heavy atom. The highest BCUT2D eigenvalue weighted by Gasteiger charge is 2.31. The van der Waals surface area contributed by atoms with E-state index in [1.54, 1.807) is 16.6 Å². The fourth-order valence-corrected chi connectivity index (χ4v) is 4.94. The van der Waals surface area contributed by atoms with Crippen LogP contribution in [0.25, 0.3) is 5.82 Å². The Morgan fingerprint density at radius 3 is 2.30 bits per heavy atom. The molecule has 1 amide bonds. The van der Waals surface area contributed by atoms with Crippen LogP contribution in [-0.2, 0) is 17.1 Å². The largest absolute Gasteiger partial charge is 0.336 e. The molecule has 0 unspecified atom stereocenters. The van der Waals surface area contributed by atoms with Gasteiger partial charge in [-0.25, -0.2) is 8.42 Å². The topological polar surface area (TPSA) is 104 Å². The second kappa shape index (κ2) is 7.78. The van der Waals surface area contributed by atoms with Gasteiger partial charge in [-0.15, -0.1) is 0 Å². The lowest BCUT2D eigenvalue weighted by atomic mass is 10.2. The number of sulfonamides is 1. The summed E-state index contributed by atoms with van der Waals surface area (Å²) in [5.74, 6) is 0.486. The molecule has 0 atom stereocenters. The average molecular weight is 424 g/mol. The molecule has 10 heteroatoms. The maximum absolute atomic E-state index is 13.1. The average Bonchev–Trinajstić information content (AvgIpc) is 3.42. The van der Waals surface area contributed by atoms with Gasteiger partial charge in [-0.1, -0.05) is 0 Å². The van der Waals surface area contributed by atoms with Crippen molar-refractivity contribution in [2.45, 2.75) is 4.90 Å². The summed E-state index contributed by atoms with van der Waals surface area (Å²) < 4.78 is 30.6. The molecule has 3 aromatic rings. The highest BCUT2D eigenvalue weighted by atomic mass is 32.2. The molecule has 0 spiro atoms. The molecule has 2 aromatic heterocycles. The Balaban J connectivity index is 1.49. The minimum atomic E-state index is -3.67. The standard InChI is InChI=1S/C20H20N6O3S/c1-23-19(24-8-2-3-9-24)18(15-22-23)20(27)25-10-12-26(13-11-25)30(28,29)17-6-4-16(14-21)5-7-17/h2-9,15H,10-13H2,1H3. The van der Waals surface area contributed by atoms with E-state index in [1.165, 1.54) is 34.8 Å². The van der Waals surface area contributed by atoms with Crippen molar-refractivity contribution in [2.75, 3.05) is 26.2 Å². The van der Waals surface area contributed by atoms with Crippen LogP contribution in [0.4, 0.5) is 0 Å². The van der Waals surface area contributed by atoms with Gasteiger partial charge in [0.2, 0.25) is 10.0 Å². The van der Waals surface area contributed by atoms with E-state index in [-0.39, 0.29) is 37.0 Å². The molecule has 0 radical (unpaired) electrons. The summed E-state index contributed by atoms with van der Waals surface area (Å²) >= 11 is 0. The number of rotatable bonds is 4. The van der Waals surface area contributed by atoms with Gasteiger partial charge < -0.3 is 9.47 Å². The Labute approximate surface area is 174 Å². The molecule has 9 nitrogen and oxygen atoms in total. The highest BCUT2D eigenvalue weighted by Crippen LogP contribution is 2.21. The third-order valence-corrected chi connectivity index (χ3v) is 7.05. The van der Waals surface area contributed by atoms with Crippen LogP contribution in [0.1, 0.15) is 15.9 Å². The minimum absolute atomic E-state index is 0.142. The zero-order valence-electron chi connectivity index (χ0n) is 16.3. The van der Waals surface area contributed by atoms with Crippen molar-refractivity contribution in [3.05, 3.63) is 66.1 Å². The molecule has 154 valence electrons. The van der Waals surface area contributed by atoms with E-state index in [0.29, 0.717) is 16.9 Å². The lowest BCUT2D eigenvalue weighted by molar-refractivity contribution is 0.0698. The molecular formula is C20H20N6O3S. The summed E-state index contributed by atoms with van der Waals surface area (Å²) in [5, 5.41) is 13.1. The summed E-state index contributed by atoms with van der Waals surface area (Å²) in [7, 11) is -1.90. The number of carbonyl (C=O) groups excluding carboxylic acids is 1. The normalized spacial score (nSPS) is 15.1. The maximum Gasteiger partial charge on any atom is 0.259 e. The first kappa shape index (κ1) is 19.9. The molecule has 3 heterocycles. The van der Waals surface area contributed by atoms with E-state index >= 15 is 0 Å². The number of aromatic nitrogens is 3. The molecule has 0 bridgehead atoms. The van der Waals surface area contributed by atoms with E-state index in [0.717, 1.165) is 0 Å². The molecule has 0 N–H and O–H groups in total. The number of piperazine rings is 1. The second-order valence-electron chi connectivity index (χ2n) is 6.93. The quantitative estimate of drug-likeness (QED) is 0.627. The van der Waals surface area contributed by atoms with Gasteiger partial charge in [0.05, 0.1) is 22.7 Å². The van der Waals surface area contributed by atoms with E-state index in [1.807, 2.05) is 35.2 Å². The zero-order chi connectivity index (χ0) is 21.3. The predicted molar refractivity (Wildman–Crippen MR) is 108 cm³/mol. The number of carbonyl (C=O) groups is 1. The van der Waals surface area contributed by atoms with Crippen molar-refractivity contribution in [3.8, 4) is 11.9 Å². The van der Waals surface area contributed by atoms with Crippen LogP contribution in [0.3, 0.4) is 0 Å². The van der Waals surface area contributed by atoms with Gasteiger partial charge in [-0.3, -0.25) is 9.48 Å².